The van der Waals surface area contributed by atoms with E-state index in [1.165, 1.54) is 4.57 Å². The highest BCUT2D eigenvalue weighted by atomic mass is 35.7. The van der Waals surface area contributed by atoms with Crippen molar-refractivity contribution < 1.29 is 8.42 Å². The molecule has 0 amide bonds. The Hall–Kier alpha value is -1.11. The second kappa shape index (κ2) is 5.11. The topological polar surface area (TPSA) is 64.8 Å². The first-order valence-corrected chi connectivity index (χ1v) is 8.15. The van der Waals surface area contributed by atoms with E-state index in [1.54, 1.807) is 24.3 Å². The van der Waals surface area contributed by atoms with Gasteiger partial charge in [0.15, 0.2) is 5.82 Å². The summed E-state index contributed by atoms with van der Waals surface area (Å²) in [6.07, 6.45) is 0. The number of nitrogens with zero attached hydrogens (tertiary/aromatic N) is 3. The summed E-state index contributed by atoms with van der Waals surface area (Å²) in [6, 6.07) is 6.84. The molecule has 5 nitrogen and oxygen atoms in total. The van der Waals surface area contributed by atoms with Crippen LogP contribution in [0, 0.1) is 0 Å². The van der Waals surface area contributed by atoms with E-state index in [2.05, 4.69) is 10.2 Å². The molecule has 0 bridgehead atoms. The predicted octanol–water partition coefficient (Wildman–Crippen LogP) is 3.11. The first-order valence-electron chi connectivity index (χ1n) is 5.47. The summed E-state index contributed by atoms with van der Waals surface area (Å²) >= 11 is 6.10. The average molecular weight is 320 g/mol. The number of halogens is 2. The molecule has 1 aromatic carbocycles. The summed E-state index contributed by atoms with van der Waals surface area (Å²) < 4.78 is 24.4. The number of aromatic nitrogens is 3. The lowest BCUT2D eigenvalue weighted by Crippen LogP contribution is -2.10. The van der Waals surface area contributed by atoms with Crippen molar-refractivity contribution in [1.29, 1.82) is 0 Å². The second-order valence-electron chi connectivity index (χ2n) is 4.19. The minimum absolute atomic E-state index is 0.176. The van der Waals surface area contributed by atoms with Crippen LogP contribution in [0.25, 0.3) is 11.4 Å². The zero-order valence-corrected chi connectivity index (χ0v) is 12.5. The van der Waals surface area contributed by atoms with Crippen molar-refractivity contribution in [3.63, 3.8) is 0 Å². The SMILES string of the molecule is CC(C)n1c(-c2ccccc2Cl)nnc1S(=O)(=O)Cl. The number of benzene rings is 1. The van der Waals surface area contributed by atoms with Gasteiger partial charge in [-0.25, -0.2) is 8.42 Å². The number of hydrogen-bond donors (Lipinski definition) is 0. The summed E-state index contributed by atoms with van der Waals surface area (Å²) in [7, 11) is 1.40. The molecule has 2 aromatic rings. The first-order chi connectivity index (χ1) is 8.82. The molecule has 0 spiro atoms. The van der Waals surface area contributed by atoms with Crippen molar-refractivity contribution in [1.82, 2.24) is 14.8 Å². The third kappa shape index (κ3) is 2.75. The molecule has 0 fully saturated rings. The summed E-state index contributed by atoms with van der Waals surface area (Å²) in [6.45, 7) is 3.63. The van der Waals surface area contributed by atoms with E-state index in [4.69, 9.17) is 22.3 Å². The van der Waals surface area contributed by atoms with Crippen LogP contribution in [0.4, 0.5) is 0 Å². The maximum absolute atomic E-state index is 11.5. The maximum Gasteiger partial charge on any atom is 0.296 e. The van der Waals surface area contributed by atoms with Crippen LogP contribution in [-0.4, -0.2) is 23.2 Å². The number of rotatable bonds is 3. The van der Waals surface area contributed by atoms with E-state index in [-0.39, 0.29) is 11.2 Å². The van der Waals surface area contributed by atoms with E-state index < -0.39 is 9.05 Å². The van der Waals surface area contributed by atoms with E-state index in [0.717, 1.165) is 0 Å². The van der Waals surface area contributed by atoms with Gasteiger partial charge in [0, 0.05) is 22.3 Å². The highest BCUT2D eigenvalue weighted by Gasteiger charge is 2.25. The average Bonchev–Trinajstić information content (AvgIpc) is 2.73. The molecular weight excluding hydrogens is 309 g/mol. The smallest absolute Gasteiger partial charge is 0.294 e. The van der Waals surface area contributed by atoms with Crippen molar-refractivity contribution in [2.45, 2.75) is 25.0 Å². The summed E-state index contributed by atoms with van der Waals surface area (Å²) in [5.41, 5.74) is 0.608. The van der Waals surface area contributed by atoms with Gasteiger partial charge < -0.3 is 0 Å². The van der Waals surface area contributed by atoms with Gasteiger partial charge in [-0.05, 0) is 26.0 Å². The van der Waals surface area contributed by atoms with Crippen molar-refractivity contribution in [3.05, 3.63) is 29.3 Å². The van der Waals surface area contributed by atoms with Gasteiger partial charge >= 0.3 is 0 Å². The Morgan fingerprint density at radius 1 is 1.21 bits per heavy atom. The minimum atomic E-state index is -3.96. The van der Waals surface area contributed by atoms with Gasteiger partial charge in [-0.1, -0.05) is 23.7 Å². The minimum Gasteiger partial charge on any atom is -0.294 e. The standard InChI is InChI=1S/C11H11Cl2N3O2S/c1-7(2)16-10(8-5-3-4-6-9(8)12)14-15-11(16)19(13,17)18/h3-7H,1-2H3. The van der Waals surface area contributed by atoms with Crippen molar-refractivity contribution in [2.24, 2.45) is 0 Å². The fraction of sp³-hybridized carbons (Fsp3) is 0.273. The third-order valence-electron chi connectivity index (χ3n) is 2.51. The summed E-state index contributed by atoms with van der Waals surface area (Å²) in [5, 5.41) is 7.75. The molecule has 0 radical (unpaired) electrons. The van der Waals surface area contributed by atoms with Crippen molar-refractivity contribution >= 4 is 31.3 Å². The fourth-order valence-electron chi connectivity index (χ4n) is 1.73. The second-order valence-corrected chi connectivity index (χ2v) is 7.05. The molecule has 1 heterocycles. The molecule has 19 heavy (non-hydrogen) atoms. The van der Waals surface area contributed by atoms with Crippen LogP contribution in [0.1, 0.15) is 19.9 Å². The van der Waals surface area contributed by atoms with Gasteiger partial charge in [0.25, 0.3) is 14.2 Å². The fourth-order valence-corrected chi connectivity index (χ4v) is 2.94. The molecule has 0 saturated heterocycles. The Kier molecular flexibility index (Phi) is 3.85. The molecular formula is C11H11Cl2N3O2S. The molecule has 102 valence electrons. The third-order valence-corrected chi connectivity index (χ3v) is 3.97. The quantitative estimate of drug-likeness (QED) is 0.815. The molecule has 8 heteroatoms. The van der Waals surface area contributed by atoms with Gasteiger partial charge in [-0.2, -0.15) is 0 Å². The van der Waals surface area contributed by atoms with Crippen LogP contribution >= 0.6 is 22.3 Å². The highest BCUT2D eigenvalue weighted by Crippen LogP contribution is 2.30. The van der Waals surface area contributed by atoms with Gasteiger partial charge in [-0.15, -0.1) is 10.2 Å². The van der Waals surface area contributed by atoms with E-state index in [9.17, 15) is 8.42 Å². The molecule has 0 aliphatic rings. The Labute approximate surface area is 120 Å². The lowest BCUT2D eigenvalue weighted by molar-refractivity contribution is 0.530. The van der Waals surface area contributed by atoms with Gasteiger partial charge in [0.2, 0.25) is 0 Å². The Balaban J connectivity index is 2.74. The zero-order chi connectivity index (χ0) is 14.2. The van der Waals surface area contributed by atoms with E-state index >= 15 is 0 Å². The van der Waals surface area contributed by atoms with Crippen LogP contribution in [0.2, 0.25) is 5.02 Å². The maximum atomic E-state index is 11.5. The Bertz CT molecular complexity index is 710. The van der Waals surface area contributed by atoms with Gasteiger partial charge in [-0.3, -0.25) is 4.57 Å². The lowest BCUT2D eigenvalue weighted by Gasteiger charge is -2.13. The monoisotopic (exact) mass is 319 g/mol. The van der Waals surface area contributed by atoms with Crippen LogP contribution in [0.15, 0.2) is 29.4 Å². The molecule has 0 atom stereocenters. The molecule has 0 aliphatic heterocycles. The molecule has 1 aromatic heterocycles. The lowest BCUT2D eigenvalue weighted by atomic mass is 10.2. The molecule has 0 aliphatic carbocycles. The van der Waals surface area contributed by atoms with Crippen LogP contribution in [0.5, 0.6) is 0 Å². The first kappa shape index (κ1) is 14.3. The van der Waals surface area contributed by atoms with E-state index in [1.807, 2.05) is 13.8 Å². The Morgan fingerprint density at radius 2 is 1.84 bits per heavy atom. The van der Waals surface area contributed by atoms with Crippen LogP contribution in [-0.2, 0) is 9.05 Å². The van der Waals surface area contributed by atoms with E-state index in [0.29, 0.717) is 16.4 Å². The normalized spacial score (nSPS) is 12.1. The molecule has 0 saturated carbocycles. The van der Waals surface area contributed by atoms with Crippen LogP contribution in [0.3, 0.4) is 0 Å². The van der Waals surface area contributed by atoms with Gasteiger partial charge in [0.1, 0.15) is 0 Å². The summed E-state index contributed by atoms with van der Waals surface area (Å²) in [4.78, 5) is 0. The highest BCUT2D eigenvalue weighted by molar-refractivity contribution is 8.13. The molecule has 0 unspecified atom stereocenters. The zero-order valence-electron chi connectivity index (χ0n) is 10.2. The summed E-state index contributed by atoms with van der Waals surface area (Å²) in [5.74, 6) is 0.375. The van der Waals surface area contributed by atoms with Crippen LogP contribution < -0.4 is 0 Å². The predicted molar refractivity (Wildman–Crippen MR) is 73.9 cm³/mol. The number of hydrogen-bond acceptors (Lipinski definition) is 4. The van der Waals surface area contributed by atoms with Gasteiger partial charge in [0.05, 0.1) is 5.02 Å². The molecule has 0 N–H and O–H groups in total. The van der Waals surface area contributed by atoms with Crippen molar-refractivity contribution in [2.75, 3.05) is 0 Å². The largest absolute Gasteiger partial charge is 0.296 e. The Morgan fingerprint density at radius 3 is 2.37 bits per heavy atom. The van der Waals surface area contributed by atoms with Crippen molar-refractivity contribution in [3.8, 4) is 11.4 Å². The molecule has 2 rings (SSSR count).